The quantitative estimate of drug-likeness (QED) is 0.502. The minimum atomic E-state index is 0.156. The lowest BCUT2D eigenvalue weighted by Crippen LogP contribution is -2.19. The van der Waals surface area contributed by atoms with Crippen LogP contribution in [0.25, 0.3) is 11.1 Å². The topological polar surface area (TPSA) is 45.6 Å². The summed E-state index contributed by atoms with van der Waals surface area (Å²) in [4.78, 5) is 6.44. The predicted octanol–water partition coefficient (Wildman–Crippen LogP) is 5.06. The van der Waals surface area contributed by atoms with Gasteiger partial charge in [0, 0.05) is 25.5 Å². The second kappa shape index (κ2) is 11.4. The van der Waals surface area contributed by atoms with Gasteiger partial charge in [-0.1, -0.05) is 48.0 Å². The van der Waals surface area contributed by atoms with E-state index in [0.717, 1.165) is 35.4 Å². The van der Waals surface area contributed by atoms with Gasteiger partial charge >= 0.3 is 0 Å². The number of ether oxygens (including phenoxy) is 1. The van der Waals surface area contributed by atoms with Crippen LogP contribution in [0.3, 0.4) is 0 Å². The van der Waals surface area contributed by atoms with Crippen LogP contribution in [0.2, 0.25) is 0 Å². The Hall–Kier alpha value is -2.95. The predicted molar refractivity (Wildman–Crippen MR) is 128 cm³/mol. The molecular weight excluding hydrogens is 384 g/mol. The van der Waals surface area contributed by atoms with Crippen molar-refractivity contribution in [3.05, 3.63) is 95.3 Å². The normalized spacial score (nSPS) is 12.0. The van der Waals surface area contributed by atoms with Crippen LogP contribution in [0.1, 0.15) is 35.1 Å². The molecule has 1 aromatic heterocycles. The summed E-state index contributed by atoms with van der Waals surface area (Å²) < 4.78 is 5.88. The van der Waals surface area contributed by atoms with E-state index in [1.807, 2.05) is 38.5 Å². The number of aliphatic hydroxyl groups excluding tert-OH is 1. The zero-order chi connectivity index (χ0) is 22.1. The number of aryl methyl sites for hydroxylation is 1. The number of aliphatic hydroxyl groups is 1. The van der Waals surface area contributed by atoms with E-state index >= 15 is 0 Å². The van der Waals surface area contributed by atoms with Gasteiger partial charge < -0.3 is 14.7 Å². The molecule has 0 aliphatic rings. The zero-order valence-corrected chi connectivity index (χ0v) is 18.7. The van der Waals surface area contributed by atoms with E-state index in [1.165, 1.54) is 16.7 Å². The Bertz CT molecular complexity index is 962. The average Bonchev–Trinajstić information content (AvgIpc) is 2.79. The molecule has 2 aromatic carbocycles. The van der Waals surface area contributed by atoms with Crippen LogP contribution < -0.4 is 4.74 Å². The Labute approximate surface area is 185 Å². The number of nitrogens with zero attached hydrogens (tertiary/aromatic N) is 2. The first kappa shape index (κ1) is 22.7. The first-order valence-corrected chi connectivity index (χ1v) is 10.8. The van der Waals surface area contributed by atoms with Gasteiger partial charge in [-0.3, -0.25) is 4.98 Å². The molecule has 0 aliphatic heterocycles. The van der Waals surface area contributed by atoms with Crippen LogP contribution >= 0.6 is 0 Å². The third kappa shape index (κ3) is 6.51. The van der Waals surface area contributed by atoms with Crippen molar-refractivity contribution in [1.82, 2.24) is 9.88 Å². The molecule has 0 radical (unpaired) electrons. The molecule has 3 aromatic rings. The molecule has 0 saturated heterocycles. The number of rotatable bonds is 10. The number of aromatic nitrogens is 1. The molecule has 0 aliphatic carbocycles. The maximum absolute atomic E-state index is 9.52. The molecule has 0 spiro atoms. The minimum Gasteiger partial charge on any atom is -0.492 e. The molecule has 31 heavy (non-hydrogen) atoms. The van der Waals surface area contributed by atoms with Crippen LogP contribution in [-0.2, 0) is 0 Å². The molecule has 0 fully saturated rings. The van der Waals surface area contributed by atoms with Crippen LogP contribution in [0.4, 0.5) is 0 Å². The number of hydrogen-bond acceptors (Lipinski definition) is 4. The summed E-state index contributed by atoms with van der Waals surface area (Å²) >= 11 is 0. The van der Waals surface area contributed by atoms with Crippen molar-refractivity contribution in [3.63, 3.8) is 0 Å². The van der Waals surface area contributed by atoms with E-state index in [4.69, 9.17) is 4.74 Å². The monoisotopic (exact) mass is 416 g/mol. The third-order valence-corrected chi connectivity index (χ3v) is 5.19. The molecule has 162 valence electrons. The molecule has 1 N–H and O–H groups in total. The van der Waals surface area contributed by atoms with Gasteiger partial charge in [0.15, 0.2) is 0 Å². The summed E-state index contributed by atoms with van der Waals surface area (Å²) in [5.41, 5.74) is 6.95. The second-order valence-corrected chi connectivity index (χ2v) is 7.96. The van der Waals surface area contributed by atoms with Gasteiger partial charge in [0.05, 0.1) is 0 Å². The number of benzene rings is 2. The van der Waals surface area contributed by atoms with E-state index in [0.29, 0.717) is 13.0 Å². The third-order valence-electron chi connectivity index (χ3n) is 5.19. The van der Waals surface area contributed by atoms with Crippen LogP contribution in [0.5, 0.6) is 5.75 Å². The molecule has 0 unspecified atom stereocenters. The molecule has 4 nitrogen and oxygen atoms in total. The lowest BCUT2D eigenvalue weighted by atomic mass is 9.87. The molecule has 0 amide bonds. The molecule has 1 heterocycles. The maximum atomic E-state index is 9.52. The Morgan fingerprint density at radius 2 is 1.61 bits per heavy atom. The maximum Gasteiger partial charge on any atom is 0.119 e. The highest BCUT2D eigenvalue weighted by Crippen LogP contribution is 2.35. The van der Waals surface area contributed by atoms with Crippen LogP contribution in [0.15, 0.2) is 73.1 Å². The summed E-state index contributed by atoms with van der Waals surface area (Å²) in [5.74, 6) is 0.868. The Kier molecular flexibility index (Phi) is 8.39. The highest BCUT2D eigenvalue weighted by molar-refractivity contribution is 5.98. The number of hydrogen-bond donors (Lipinski definition) is 1. The van der Waals surface area contributed by atoms with Crippen molar-refractivity contribution >= 4 is 11.1 Å². The zero-order valence-electron chi connectivity index (χ0n) is 18.7. The Morgan fingerprint density at radius 1 is 0.935 bits per heavy atom. The van der Waals surface area contributed by atoms with Crippen molar-refractivity contribution in [1.29, 1.82) is 0 Å². The van der Waals surface area contributed by atoms with Crippen molar-refractivity contribution < 1.29 is 9.84 Å². The van der Waals surface area contributed by atoms with Gasteiger partial charge in [-0.05, 0) is 79.9 Å². The highest BCUT2D eigenvalue weighted by atomic mass is 16.5. The molecule has 4 heteroatoms. The van der Waals surface area contributed by atoms with Crippen molar-refractivity contribution in [3.8, 4) is 5.75 Å². The van der Waals surface area contributed by atoms with E-state index in [9.17, 15) is 5.11 Å². The van der Waals surface area contributed by atoms with Crippen LogP contribution in [-0.4, -0.2) is 48.8 Å². The number of likely N-dealkylation sites (N-methyl/N-ethyl adjacent to an activating group) is 1. The van der Waals surface area contributed by atoms with E-state index in [1.54, 1.807) is 6.20 Å². The first-order chi connectivity index (χ1) is 15.1. The summed E-state index contributed by atoms with van der Waals surface area (Å²) in [5, 5.41) is 9.52. The fourth-order valence-electron chi connectivity index (χ4n) is 3.51. The fourth-order valence-corrected chi connectivity index (χ4v) is 3.51. The van der Waals surface area contributed by atoms with E-state index < -0.39 is 0 Å². The standard InChI is InChI=1S/C27H32N2O2/c1-21-8-10-22(11-9-21)27(26(7-5-18-30)24-6-4-16-28-20-24)23-12-14-25(15-13-23)31-19-17-29(2)3/h4,6,8-16,20,30H,5,7,17-19H2,1-3H3. The van der Waals surface area contributed by atoms with Crippen molar-refractivity contribution in [2.45, 2.75) is 19.8 Å². The van der Waals surface area contributed by atoms with Gasteiger partial charge in [-0.25, -0.2) is 0 Å². The lowest BCUT2D eigenvalue weighted by Gasteiger charge is -2.18. The SMILES string of the molecule is Cc1ccc(C(=C(CCCO)c2cccnc2)c2ccc(OCCN(C)C)cc2)cc1. The van der Waals surface area contributed by atoms with Crippen molar-refractivity contribution in [2.75, 3.05) is 33.9 Å². The molecular formula is C27H32N2O2. The van der Waals surface area contributed by atoms with Gasteiger partial charge in [0.1, 0.15) is 12.4 Å². The van der Waals surface area contributed by atoms with E-state index in [-0.39, 0.29) is 6.61 Å². The summed E-state index contributed by atoms with van der Waals surface area (Å²) in [6, 6.07) is 21.0. The molecule has 0 bridgehead atoms. The van der Waals surface area contributed by atoms with Gasteiger partial charge in [0.25, 0.3) is 0 Å². The number of allylic oxidation sites excluding steroid dienone is 1. The minimum absolute atomic E-state index is 0.156. The molecule has 0 atom stereocenters. The van der Waals surface area contributed by atoms with Crippen molar-refractivity contribution in [2.24, 2.45) is 0 Å². The second-order valence-electron chi connectivity index (χ2n) is 7.96. The summed E-state index contributed by atoms with van der Waals surface area (Å²) in [7, 11) is 4.08. The Morgan fingerprint density at radius 3 is 2.19 bits per heavy atom. The highest BCUT2D eigenvalue weighted by Gasteiger charge is 2.14. The summed E-state index contributed by atoms with van der Waals surface area (Å²) in [6.45, 7) is 3.79. The largest absolute Gasteiger partial charge is 0.492 e. The molecule has 0 saturated carbocycles. The fraction of sp³-hybridized carbons (Fsp3) is 0.296. The van der Waals surface area contributed by atoms with Gasteiger partial charge in [-0.2, -0.15) is 0 Å². The summed E-state index contributed by atoms with van der Waals surface area (Å²) in [6.07, 6.45) is 5.16. The lowest BCUT2D eigenvalue weighted by molar-refractivity contribution is 0.261. The van der Waals surface area contributed by atoms with Gasteiger partial charge in [0.2, 0.25) is 0 Å². The van der Waals surface area contributed by atoms with Crippen LogP contribution in [0, 0.1) is 6.92 Å². The smallest absolute Gasteiger partial charge is 0.119 e. The Balaban J connectivity index is 2.05. The van der Waals surface area contributed by atoms with Gasteiger partial charge in [-0.15, -0.1) is 0 Å². The first-order valence-electron chi connectivity index (χ1n) is 10.8. The number of pyridine rings is 1. The molecule has 3 rings (SSSR count). The average molecular weight is 417 g/mol. The van der Waals surface area contributed by atoms with E-state index in [2.05, 4.69) is 59.3 Å².